The monoisotopic (exact) mass is 547 g/mol. The van der Waals surface area contributed by atoms with Crippen LogP contribution in [0.4, 0.5) is 0 Å². The second-order valence-corrected chi connectivity index (χ2v) is 10.8. The van der Waals surface area contributed by atoms with Crippen molar-refractivity contribution in [3.63, 3.8) is 0 Å². The summed E-state index contributed by atoms with van der Waals surface area (Å²) in [5, 5.41) is 13.5. The van der Waals surface area contributed by atoms with Crippen molar-refractivity contribution in [2.24, 2.45) is 5.10 Å². The average molecular weight is 549 g/mol. The lowest BCUT2D eigenvalue weighted by atomic mass is 9.87. The number of amides is 1. The standard InChI is InChI=1S/C27H26BrN5OS/c1-27(2,3)21-11-9-19(10-12-21)17-29-30-24(34)18-35-26-32-31-25(20-7-5-4-6-8-20)33(26)23-15-13-22(28)14-16-23/h4-17H,18H2,1-3H3,(H,30,34)/b29-17-. The van der Waals surface area contributed by atoms with Gasteiger partial charge in [-0.1, -0.05) is 103 Å². The minimum Gasteiger partial charge on any atom is -0.272 e. The summed E-state index contributed by atoms with van der Waals surface area (Å²) < 4.78 is 2.94. The Kier molecular flexibility index (Phi) is 7.83. The van der Waals surface area contributed by atoms with Crippen LogP contribution in [0.1, 0.15) is 31.9 Å². The van der Waals surface area contributed by atoms with E-state index in [4.69, 9.17) is 0 Å². The number of aromatic nitrogens is 3. The van der Waals surface area contributed by atoms with E-state index in [0.717, 1.165) is 21.3 Å². The van der Waals surface area contributed by atoms with Gasteiger partial charge in [-0.3, -0.25) is 9.36 Å². The summed E-state index contributed by atoms with van der Waals surface area (Å²) in [6.45, 7) is 6.52. The van der Waals surface area contributed by atoms with Crippen molar-refractivity contribution >= 4 is 39.8 Å². The fourth-order valence-corrected chi connectivity index (χ4v) is 4.38. The van der Waals surface area contributed by atoms with E-state index in [9.17, 15) is 4.79 Å². The highest BCUT2D eigenvalue weighted by Gasteiger charge is 2.17. The zero-order chi connectivity index (χ0) is 24.8. The van der Waals surface area contributed by atoms with Gasteiger partial charge in [-0.2, -0.15) is 5.10 Å². The van der Waals surface area contributed by atoms with Crippen molar-refractivity contribution in [3.05, 3.63) is 94.5 Å². The molecule has 0 unspecified atom stereocenters. The second kappa shape index (κ2) is 11.0. The molecule has 0 aliphatic rings. The van der Waals surface area contributed by atoms with Crippen molar-refractivity contribution in [1.82, 2.24) is 20.2 Å². The zero-order valence-electron chi connectivity index (χ0n) is 19.8. The third-order valence-corrected chi connectivity index (χ3v) is 6.72. The van der Waals surface area contributed by atoms with E-state index >= 15 is 0 Å². The zero-order valence-corrected chi connectivity index (χ0v) is 22.2. The normalized spacial score (nSPS) is 11.7. The molecule has 0 fully saturated rings. The molecule has 6 nitrogen and oxygen atoms in total. The van der Waals surface area contributed by atoms with Crippen LogP contribution in [-0.4, -0.2) is 32.6 Å². The third-order valence-electron chi connectivity index (χ3n) is 5.26. The van der Waals surface area contributed by atoms with Gasteiger partial charge in [0.1, 0.15) is 0 Å². The summed E-state index contributed by atoms with van der Waals surface area (Å²) in [6.07, 6.45) is 1.65. The lowest BCUT2D eigenvalue weighted by Gasteiger charge is -2.18. The smallest absolute Gasteiger partial charge is 0.250 e. The Hall–Kier alpha value is -3.23. The summed E-state index contributed by atoms with van der Waals surface area (Å²) in [5.41, 5.74) is 6.73. The quantitative estimate of drug-likeness (QED) is 0.169. The van der Waals surface area contributed by atoms with Crippen molar-refractivity contribution in [2.75, 3.05) is 5.75 Å². The number of hydrogen-bond donors (Lipinski definition) is 1. The third kappa shape index (κ3) is 6.46. The Morgan fingerprint density at radius 1 is 1.00 bits per heavy atom. The van der Waals surface area contributed by atoms with E-state index in [-0.39, 0.29) is 17.1 Å². The van der Waals surface area contributed by atoms with Crippen LogP contribution in [0, 0.1) is 0 Å². The van der Waals surface area contributed by atoms with Crippen LogP contribution in [0.2, 0.25) is 0 Å². The van der Waals surface area contributed by atoms with Crippen molar-refractivity contribution in [3.8, 4) is 17.1 Å². The summed E-state index contributed by atoms with van der Waals surface area (Å²) in [5.74, 6) is 0.653. The van der Waals surface area contributed by atoms with Crippen molar-refractivity contribution in [2.45, 2.75) is 31.3 Å². The summed E-state index contributed by atoms with van der Waals surface area (Å²) in [7, 11) is 0. The highest BCUT2D eigenvalue weighted by atomic mass is 79.9. The first-order valence-corrected chi connectivity index (χ1v) is 12.9. The van der Waals surface area contributed by atoms with E-state index in [1.807, 2.05) is 71.3 Å². The molecule has 0 bridgehead atoms. The van der Waals surface area contributed by atoms with Crippen LogP contribution < -0.4 is 5.43 Å². The van der Waals surface area contributed by atoms with Gasteiger partial charge in [-0.15, -0.1) is 10.2 Å². The van der Waals surface area contributed by atoms with Gasteiger partial charge in [-0.25, -0.2) is 5.43 Å². The Labute approximate surface area is 218 Å². The van der Waals surface area contributed by atoms with E-state index < -0.39 is 0 Å². The first kappa shape index (κ1) is 24.9. The maximum Gasteiger partial charge on any atom is 0.250 e. The largest absolute Gasteiger partial charge is 0.272 e. The van der Waals surface area contributed by atoms with E-state index in [1.165, 1.54) is 17.3 Å². The number of nitrogens with zero attached hydrogens (tertiary/aromatic N) is 4. The first-order chi connectivity index (χ1) is 16.8. The summed E-state index contributed by atoms with van der Waals surface area (Å²) >= 11 is 4.79. The summed E-state index contributed by atoms with van der Waals surface area (Å²) in [4.78, 5) is 12.5. The predicted molar refractivity (Wildman–Crippen MR) is 146 cm³/mol. The van der Waals surface area contributed by atoms with Gasteiger partial charge in [0.2, 0.25) is 0 Å². The van der Waals surface area contributed by atoms with Crippen LogP contribution in [0.25, 0.3) is 17.1 Å². The van der Waals surface area contributed by atoms with Crippen LogP contribution >= 0.6 is 27.7 Å². The van der Waals surface area contributed by atoms with Crippen molar-refractivity contribution in [1.29, 1.82) is 0 Å². The van der Waals surface area contributed by atoms with Crippen LogP contribution in [0.5, 0.6) is 0 Å². The minimum absolute atomic E-state index is 0.0955. The number of benzene rings is 3. The number of nitrogens with one attached hydrogen (secondary N) is 1. The number of thioether (sulfide) groups is 1. The van der Waals surface area contributed by atoms with Gasteiger partial charge in [0.15, 0.2) is 11.0 Å². The molecule has 1 amide bonds. The number of hydrogen-bond acceptors (Lipinski definition) is 5. The Balaban J connectivity index is 1.44. The van der Waals surface area contributed by atoms with E-state index in [1.54, 1.807) is 6.21 Å². The SMILES string of the molecule is CC(C)(C)c1ccc(/C=N\NC(=O)CSc2nnc(-c3ccccc3)n2-c2ccc(Br)cc2)cc1. The molecule has 3 aromatic carbocycles. The Morgan fingerprint density at radius 3 is 2.34 bits per heavy atom. The molecule has 0 saturated carbocycles. The molecule has 8 heteroatoms. The number of carbonyl (C=O) groups is 1. The molecule has 4 rings (SSSR count). The number of carbonyl (C=O) groups excluding carboxylic acids is 1. The molecular formula is C27H26BrN5OS. The Morgan fingerprint density at radius 2 is 1.69 bits per heavy atom. The second-order valence-electron chi connectivity index (χ2n) is 8.94. The van der Waals surface area contributed by atoms with Gasteiger partial charge in [0, 0.05) is 15.7 Å². The topological polar surface area (TPSA) is 72.2 Å². The molecule has 0 aliphatic heterocycles. The molecular weight excluding hydrogens is 522 g/mol. The highest BCUT2D eigenvalue weighted by Crippen LogP contribution is 2.28. The van der Waals surface area contributed by atoms with Crippen molar-refractivity contribution < 1.29 is 4.79 Å². The lowest BCUT2D eigenvalue weighted by Crippen LogP contribution is -2.20. The van der Waals surface area contributed by atoms with Gasteiger partial charge in [0.05, 0.1) is 12.0 Å². The van der Waals surface area contributed by atoms with Gasteiger partial charge >= 0.3 is 0 Å². The number of rotatable bonds is 7. The average Bonchev–Trinajstić information content (AvgIpc) is 3.27. The Bertz CT molecular complexity index is 1310. The van der Waals surface area contributed by atoms with E-state index in [0.29, 0.717) is 11.0 Å². The predicted octanol–water partition coefficient (Wildman–Crippen LogP) is 6.24. The van der Waals surface area contributed by atoms with Gasteiger partial charge in [0.25, 0.3) is 5.91 Å². The molecule has 35 heavy (non-hydrogen) atoms. The molecule has 1 aromatic heterocycles. The summed E-state index contributed by atoms with van der Waals surface area (Å²) in [6, 6.07) is 25.9. The van der Waals surface area contributed by atoms with Crippen LogP contribution in [0.15, 0.2) is 93.6 Å². The number of hydrazone groups is 1. The molecule has 1 N–H and O–H groups in total. The molecule has 0 saturated heterocycles. The van der Waals surface area contributed by atoms with Crippen LogP contribution in [-0.2, 0) is 10.2 Å². The van der Waals surface area contributed by atoms with Crippen LogP contribution in [0.3, 0.4) is 0 Å². The maximum atomic E-state index is 12.5. The minimum atomic E-state index is -0.218. The molecule has 4 aromatic rings. The van der Waals surface area contributed by atoms with E-state index in [2.05, 4.69) is 69.6 Å². The highest BCUT2D eigenvalue weighted by molar-refractivity contribution is 9.10. The molecule has 0 radical (unpaired) electrons. The number of halogens is 1. The molecule has 178 valence electrons. The molecule has 0 spiro atoms. The molecule has 1 heterocycles. The first-order valence-electron chi connectivity index (χ1n) is 11.1. The fraction of sp³-hybridized carbons (Fsp3) is 0.185. The fourth-order valence-electron chi connectivity index (χ4n) is 3.37. The maximum absolute atomic E-state index is 12.5. The molecule has 0 aliphatic carbocycles. The van der Waals surface area contributed by atoms with Gasteiger partial charge in [-0.05, 0) is 40.8 Å². The lowest BCUT2D eigenvalue weighted by molar-refractivity contribution is -0.118. The molecule has 0 atom stereocenters. The van der Waals surface area contributed by atoms with Gasteiger partial charge < -0.3 is 0 Å².